The topological polar surface area (TPSA) is 81.7 Å². The van der Waals surface area contributed by atoms with E-state index in [9.17, 15) is 17.6 Å². The van der Waals surface area contributed by atoms with Gasteiger partial charge in [0.25, 0.3) is 0 Å². The molecule has 1 aliphatic heterocycles. The summed E-state index contributed by atoms with van der Waals surface area (Å²) in [5.41, 5.74) is 0. The van der Waals surface area contributed by atoms with Gasteiger partial charge in [-0.2, -0.15) is 16.5 Å². The number of nitrogens with one attached hydrogen (secondary N) is 2. The Morgan fingerprint density at radius 3 is 2.57 bits per heavy atom. The zero-order valence-corrected chi connectivity index (χ0v) is 19.4. The van der Waals surface area contributed by atoms with Gasteiger partial charge in [0.2, 0.25) is 15.9 Å². The van der Waals surface area contributed by atoms with Gasteiger partial charge in [0.15, 0.2) is 0 Å². The average Bonchev–Trinajstić information content (AvgIpc) is 2.72. The molecule has 1 atom stereocenters. The minimum Gasteiger partial charge on any atom is -0.355 e. The number of unbranched alkanes of at least 4 members (excludes halogenated alkanes) is 1. The largest absolute Gasteiger partial charge is 0.355 e. The minimum atomic E-state index is -4.13. The third-order valence-electron chi connectivity index (χ3n) is 5.15. The zero-order valence-electron chi connectivity index (χ0n) is 17.8. The Hall–Kier alpha value is -1.20. The van der Waals surface area contributed by atoms with Crippen LogP contribution < -0.4 is 10.0 Å². The Morgan fingerprint density at radius 2 is 1.90 bits per heavy atom. The number of nitrogens with zero attached hydrogens (tertiary/aromatic N) is 2. The van der Waals surface area contributed by atoms with Gasteiger partial charge in [0.1, 0.15) is 16.8 Å². The molecular formula is C20H33FN4O3S2. The summed E-state index contributed by atoms with van der Waals surface area (Å²) in [4.78, 5) is 16.9. The van der Waals surface area contributed by atoms with Gasteiger partial charge < -0.3 is 15.1 Å². The Balaban J connectivity index is 1.82. The molecule has 1 aliphatic rings. The third kappa shape index (κ3) is 8.14. The smallest absolute Gasteiger partial charge is 0.244 e. The average molecular weight is 461 g/mol. The molecule has 0 bridgehead atoms. The molecule has 1 saturated heterocycles. The summed E-state index contributed by atoms with van der Waals surface area (Å²) in [5, 5.41) is 2.83. The number of rotatable bonds is 12. The molecule has 1 heterocycles. The summed E-state index contributed by atoms with van der Waals surface area (Å²) in [5.74, 6) is -0.595. The first-order valence-corrected chi connectivity index (χ1v) is 13.2. The maximum absolute atomic E-state index is 13.9. The van der Waals surface area contributed by atoms with Gasteiger partial charge >= 0.3 is 0 Å². The van der Waals surface area contributed by atoms with E-state index in [4.69, 9.17) is 0 Å². The highest BCUT2D eigenvalue weighted by Crippen LogP contribution is 2.15. The molecule has 1 unspecified atom stereocenters. The Labute approximate surface area is 183 Å². The molecule has 30 heavy (non-hydrogen) atoms. The van der Waals surface area contributed by atoms with Gasteiger partial charge in [-0.05, 0) is 57.0 Å². The van der Waals surface area contributed by atoms with Crippen molar-refractivity contribution in [2.24, 2.45) is 0 Å². The minimum absolute atomic E-state index is 0.335. The lowest BCUT2D eigenvalue weighted by Crippen LogP contribution is -2.47. The van der Waals surface area contributed by atoms with Gasteiger partial charge in [-0.3, -0.25) is 4.79 Å². The quantitative estimate of drug-likeness (QED) is 0.459. The lowest BCUT2D eigenvalue weighted by Gasteiger charge is -2.32. The molecule has 0 aliphatic carbocycles. The summed E-state index contributed by atoms with van der Waals surface area (Å²) in [6.45, 7) is 5.78. The van der Waals surface area contributed by atoms with Gasteiger partial charge in [-0.1, -0.05) is 12.1 Å². The van der Waals surface area contributed by atoms with Crippen molar-refractivity contribution >= 4 is 27.7 Å². The fourth-order valence-electron chi connectivity index (χ4n) is 3.26. The van der Waals surface area contributed by atoms with Crippen LogP contribution in [0.3, 0.4) is 0 Å². The van der Waals surface area contributed by atoms with Gasteiger partial charge in [-0.25, -0.2) is 12.8 Å². The van der Waals surface area contributed by atoms with E-state index in [0.29, 0.717) is 18.7 Å². The molecule has 2 rings (SSSR count). The molecule has 1 fully saturated rings. The van der Waals surface area contributed by atoms with Crippen molar-refractivity contribution in [3.63, 3.8) is 0 Å². The number of benzene rings is 1. The Morgan fingerprint density at radius 1 is 1.20 bits per heavy atom. The number of likely N-dealkylation sites (N-methyl/N-ethyl adjacent to an activating group) is 1. The van der Waals surface area contributed by atoms with E-state index in [-0.39, 0.29) is 5.91 Å². The Kier molecular flexibility index (Phi) is 10.5. The lowest BCUT2D eigenvalue weighted by molar-refractivity contribution is -0.122. The van der Waals surface area contributed by atoms with E-state index in [1.54, 1.807) is 0 Å². The molecule has 1 aromatic carbocycles. The number of sulfonamides is 1. The maximum Gasteiger partial charge on any atom is 0.244 e. The van der Waals surface area contributed by atoms with Crippen LogP contribution in [0.4, 0.5) is 4.39 Å². The van der Waals surface area contributed by atoms with Crippen LogP contribution in [0.25, 0.3) is 0 Å². The van der Waals surface area contributed by atoms with Gasteiger partial charge in [-0.15, -0.1) is 0 Å². The van der Waals surface area contributed by atoms with Crippen molar-refractivity contribution in [1.29, 1.82) is 0 Å². The van der Waals surface area contributed by atoms with Crippen LogP contribution in [-0.4, -0.2) is 88.5 Å². The second-order valence-electron chi connectivity index (χ2n) is 7.53. The highest BCUT2D eigenvalue weighted by molar-refractivity contribution is 7.98. The van der Waals surface area contributed by atoms with Crippen molar-refractivity contribution in [2.75, 3.05) is 58.3 Å². The molecular weight excluding hydrogens is 427 g/mol. The molecule has 0 saturated carbocycles. The number of thioether (sulfide) groups is 1. The monoisotopic (exact) mass is 460 g/mol. The summed E-state index contributed by atoms with van der Waals surface area (Å²) in [6, 6.07) is 4.23. The number of halogens is 1. The van der Waals surface area contributed by atoms with Crippen LogP contribution in [0.2, 0.25) is 0 Å². The maximum atomic E-state index is 13.9. The predicted molar refractivity (Wildman–Crippen MR) is 120 cm³/mol. The molecule has 170 valence electrons. The molecule has 0 aromatic heterocycles. The summed E-state index contributed by atoms with van der Waals surface area (Å²) < 4.78 is 41.4. The second-order valence-corrected chi connectivity index (χ2v) is 10.2. The highest BCUT2D eigenvalue weighted by atomic mass is 32.2. The van der Waals surface area contributed by atoms with E-state index in [0.717, 1.165) is 51.6 Å². The van der Waals surface area contributed by atoms with E-state index in [1.807, 2.05) is 6.26 Å². The normalized spacial score (nSPS) is 17.0. The van der Waals surface area contributed by atoms with E-state index in [1.165, 1.54) is 30.0 Å². The van der Waals surface area contributed by atoms with Crippen LogP contribution in [0.1, 0.15) is 19.3 Å². The number of carbonyl (C=O) groups excluding carboxylic acids is 1. The first-order valence-electron chi connectivity index (χ1n) is 10.3. The van der Waals surface area contributed by atoms with Crippen molar-refractivity contribution in [1.82, 2.24) is 19.8 Å². The lowest BCUT2D eigenvalue weighted by atomic mass is 10.2. The van der Waals surface area contributed by atoms with E-state index < -0.39 is 26.8 Å². The number of carbonyl (C=O) groups is 1. The molecule has 1 amide bonds. The Bertz CT molecular complexity index is 771. The summed E-state index contributed by atoms with van der Waals surface area (Å²) >= 11 is 1.52. The molecule has 0 radical (unpaired) electrons. The van der Waals surface area contributed by atoms with E-state index in [2.05, 4.69) is 26.9 Å². The van der Waals surface area contributed by atoms with Crippen LogP contribution in [0, 0.1) is 5.82 Å². The van der Waals surface area contributed by atoms with Crippen molar-refractivity contribution in [2.45, 2.75) is 30.2 Å². The second kappa shape index (κ2) is 12.6. The number of piperazine rings is 1. The van der Waals surface area contributed by atoms with Crippen molar-refractivity contribution < 1.29 is 17.6 Å². The number of amides is 1. The van der Waals surface area contributed by atoms with E-state index >= 15 is 0 Å². The van der Waals surface area contributed by atoms with Crippen molar-refractivity contribution in [3.05, 3.63) is 30.1 Å². The molecule has 1 aromatic rings. The summed E-state index contributed by atoms with van der Waals surface area (Å²) in [6.07, 6.45) is 4.02. The first kappa shape index (κ1) is 25.1. The van der Waals surface area contributed by atoms with Crippen LogP contribution in [0.5, 0.6) is 0 Å². The predicted octanol–water partition coefficient (Wildman–Crippen LogP) is 1.37. The van der Waals surface area contributed by atoms with Crippen molar-refractivity contribution in [3.8, 4) is 0 Å². The molecule has 10 heteroatoms. The van der Waals surface area contributed by atoms with Crippen LogP contribution in [0.15, 0.2) is 29.2 Å². The molecule has 2 N–H and O–H groups in total. The third-order valence-corrected chi connectivity index (χ3v) is 7.30. The number of hydrogen-bond acceptors (Lipinski definition) is 6. The fraction of sp³-hybridized carbons (Fsp3) is 0.650. The standard InChI is InChI=1S/C20H33FN4O3S2/c1-24-12-14-25(15-13-24)11-6-5-10-22-20(26)18(9-16-29-2)23-30(27,28)19-8-4-3-7-17(19)21/h3-4,7-8,18,23H,5-6,9-16H2,1-2H3,(H,22,26). The van der Waals surface area contributed by atoms with Crippen LogP contribution in [-0.2, 0) is 14.8 Å². The van der Waals surface area contributed by atoms with Crippen LogP contribution >= 0.6 is 11.8 Å². The fourth-order valence-corrected chi connectivity index (χ4v) is 5.04. The number of hydrogen-bond donors (Lipinski definition) is 2. The van der Waals surface area contributed by atoms with Gasteiger partial charge in [0, 0.05) is 32.7 Å². The molecule has 0 spiro atoms. The SMILES string of the molecule is CSCCC(NS(=O)(=O)c1ccccc1F)C(=O)NCCCCN1CCN(C)CC1. The zero-order chi connectivity index (χ0) is 22.0. The molecule has 7 nitrogen and oxygen atoms in total. The van der Waals surface area contributed by atoms with Gasteiger partial charge in [0.05, 0.1) is 0 Å². The first-order chi connectivity index (χ1) is 14.3. The summed E-state index contributed by atoms with van der Waals surface area (Å²) in [7, 11) is -2.00. The highest BCUT2D eigenvalue weighted by Gasteiger charge is 2.27.